The molecule has 0 spiro atoms. The molecular formula is C13H23N3O2S. The van der Waals surface area contributed by atoms with Crippen LogP contribution in [0.1, 0.15) is 32.5 Å². The van der Waals surface area contributed by atoms with Crippen molar-refractivity contribution in [3.8, 4) is 0 Å². The molecule has 1 aromatic rings. The van der Waals surface area contributed by atoms with Crippen molar-refractivity contribution >= 4 is 9.84 Å². The van der Waals surface area contributed by atoms with Crippen molar-refractivity contribution < 1.29 is 8.42 Å². The number of aromatic nitrogens is 2. The van der Waals surface area contributed by atoms with Gasteiger partial charge in [-0.2, -0.15) is 0 Å². The monoisotopic (exact) mass is 285 g/mol. The van der Waals surface area contributed by atoms with Crippen LogP contribution in [0.2, 0.25) is 0 Å². The van der Waals surface area contributed by atoms with Crippen LogP contribution in [0.3, 0.4) is 0 Å². The van der Waals surface area contributed by atoms with Gasteiger partial charge in [0.05, 0.1) is 11.5 Å². The summed E-state index contributed by atoms with van der Waals surface area (Å²) in [6, 6.07) is 0.650. The summed E-state index contributed by atoms with van der Waals surface area (Å²) in [7, 11) is -2.77. The molecule has 1 atom stereocenters. The van der Waals surface area contributed by atoms with Crippen LogP contribution in [-0.2, 0) is 22.8 Å². The molecule has 1 aliphatic rings. The van der Waals surface area contributed by atoms with Gasteiger partial charge in [-0.25, -0.2) is 13.4 Å². The van der Waals surface area contributed by atoms with Gasteiger partial charge in [0.1, 0.15) is 15.7 Å². The molecule has 1 saturated heterocycles. The summed E-state index contributed by atoms with van der Waals surface area (Å²) in [5.74, 6) is 1.74. The lowest BCUT2D eigenvalue weighted by Crippen LogP contribution is -2.43. The Balaban J connectivity index is 1.83. The topological polar surface area (TPSA) is 64.0 Å². The van der Waals surface area contributed by atoms with E-state index in [9.17, 15) is 8.42 Å². The second-order valence-corrected chi connectivity index (χ2v) is 7.65. The van der Waals surface area contributed by atoms with E-state index in [0.717, 1.165) is 31.6 Å². The molecule has 0 aromatic carbocycles. The zero-order valence-corrected chi connectivity index (χ0v) is 12.5. The highest BCUT2D eigenvalue weighted by atomic mass is 32.2. The van der Waals surface area contributed by atoms with Crippen LogP contribution >= 0.6 is 0 Å². The van der Waals surface area contributed by atoms with Gasteiger partial charge < -0.3 is 9.88 Å². The van der Waals surface area contributed by atoms with E-state index >= 15 is 0 Å². The maximum atomic E-state index is 11.4. The van der Waals surface area contributed by atoms with E-state index in [1.807, 2.05) is 12.4 Å². The van der Waals surface area contributed by atoms with Crippen LogP contribution in [0.4, 0.5) is 0 Å². The molecule has 5 nitrogen and oxygen atoms in total. The Morgan fingerprint density at radius 3 is 2.79 bits per heavy atom. The predicted octanol–water partition coefficient (Wildman–Crippen LogP) is 1.00. The first-order valence-corrected chi connectivity index (χ1v) is 8.79. The molecule has 1 aromatic heterocycles. The van der Waals surface area contributed by atoms with Crippen molar-refractivity contribution in [3.05, 3.63) is 18.2 Å². The van der Waals surface area contributed by atoms with Gasteiger partial charge in [0, 0.05) is 37.4 Å². The van der Waals surface area contributed by atoms with Gasteiger partial charge >= 0.3 is 0 Å². The summed E-state index contributed by atoms with van der Waals surface area (Å²) in [6.45, 7) is 5.12. The van der Waals surface area contributed by atoms with Crippen LogP contribution in [-0.4, -0.2) is 41.6 Å². The van der Waals surface area contributed by atoms with E-state index in [-0.39, 0.29) is 0 Å². The Kier molecular flexibility index (Phi) is 4.62. The Morgan fingerprint density at radius 2 is 2.16 bits per heavy atom. The second kappa shape index (κ2) is 6.05. The molecule has 1 unspecified atom stereocenters. The van der Waals surface area contributed by atoms with Crippen molar-refractivity contribution in [3.63, 3.8) is 0 Å². The maximum Gasteiger partial charge on any atom is 0.150 e. The molecule has 2 heterocycles. The molecule has 0 aliphatic carbocycles. The number of nitrogens with one attached hydrogen (secondary N) is 1. The molecule has 19 heavy (non-hydrogen) atoms. The summed E-state index contributed by atoms with van der Waals surface area (Å²) in [6.07, 6.45) is 6.23. The van der Waals surface area contributed by atoms with Crippen LogP contribution < -0.4 is 5.32 Å². The summed E-state index contributed by atoms with van der Waals surface area (Å²) in [4.78, 5) is 4.31. The molecule has 1 aliphatic heterocycles. The van der Waals surface area contributed by atoms with Gasteiger partial charge in [-0.05, 0) is 19.8 Å². The largest absolute Gasteiger partial charge is 0.333 e. The highest BCUT2D eigenvalue weighted by molar-refractivity contribution is 7.91. The van der Waals surface area contributed by atoms with Crippen LogP contribution in [0.5, 0.6) is 0 Å². The van der Waals surface area contributed by atoms with Crippen molar-refractivity contribution in [1.29, 1.82) is 0 Å². The third-order valence-corrected chi connectivity index (χ3v) is 5.38. The van der Waals surface area contributed by atoms with Gasteiger partial charge in [-0.3, -0.25) is 0 Å². The van der Waals surface area contributed by atoms with Gasteiger partial charge in [-0.1, -0.05) is 6.92 Å². The van der Waals surface area contributed by atoms with Gasteiger partial charge in [-0.15, -0.1) is 0 Å². The average molecular weight is 285 g/mol. The summed E-state index contributed by atoms with van der Waals surface area (Å²) in [5.41, 5.74) is 0. The number of hydrogen-bond donors (Lipinski definition) is 1. The molecular weight excluding hydrogens is 262 g/mol. The Labute approximate surface area is 115 Å². The number of hydrogen-bond acceptors (Lipinski definition) is 4. The fraction of sp³-hybridized carbons (Fsp3) is 0.769. The van der Waals surface area contributed by atoms with Gasteiger partial charge in [0.2, 0.25) is 0 Å². The van der Waals surface area contributed by atoms with E-state index < -0.39 is 9.84 Å². The third-order valence-electron chi connectivity index (χ3n) is 3.66. The van der Waals surface area contributed by atoms with E-state index in [0.29, 0.717) is 23.6 Å². The second-order valence-electron chi connectivity index (χ2n) is 5.34. The third kappa shape index (κ3) is 4.04. The highest BCUT2D eigenvalue weighted by Gasteiger charge is 2.24. The lowest BCUT2D eigenvalue weighted by Gasteiger charge is -2.27. The molecule has 0 bridgehead atoms. The smallest absolute Gasteiger partial charge is 0.150 e. The highest BCUT2D eigenvalue weighted by Crippen LogP contribution is 2.13. The fourth-order valence-corrected chi connectivity index (χ4v) is 4.12. The molecule has 0 saturated carbocycles. The minimum Gasteiger partial charge on any atom is -0.333 e. The van der Waals surface area contributed by atoms with Crippen molar-refractivity contribution in [2.45, 2.75) is 51.7 Å². The molecule has 1 N–H and O–H groups in total. The van der Waals surface area contributed by atoms with E-state index in [1.54, 1.807) is 0 Å². The molecule has 0 radical (unpaired) electrons. The predicted molar refractivity (Wildman–Crippen MR) is 75.9 cm³/mol. The van der Waals surface area contributed by atoms with E-state index in [4.69, 9.17) is 0 Å². The number of sulfone groups is 1. The first kappa shape index (κ1) is 14.5. The number of aryl methyl sites for hydroxylation is 1. The van der Waals surface area contributed by atoms with Crippen molar-refractivity contribution in [1.82, 2.24) is 14.9 Å². The molecule has 0 amide bonds. The van der Waals surface area contributed by atoms with Crippen molar-refractivity contribution in [2.24, 2.45) is 0 Å². The summed E-state index contributed by atoms with van der Waals surface area (Å²) < 4.78 is 24.9. The molecule has 1 fully saturated rings. The molecule has 108 valence electrons. The maximum absolute atomic E-state index is 11.4. The normalized spacial score (nSPS) is 21.4. The first-order valence-electron chi connectivity index (χ1n) is 6.96. The average Bonchev–Trinajstić information content (AvgIpc) is 2.79. The number of nitrogens with zero attached hydrogens (tertiary/aromatic N) is 2. The fourth-order valence-electron chi connectivity index (χ4n) is 2.63. The summed E-state index contributed by atoms with van der Waals surface area (Å²) in [5, 5.41) is 3.53. The number of rotatable bonds is 5. The zero-order valence-electron chi connectivity index (χ0n) is 11.7. The first-order chi connectivity index (χ1) is 9.00. The minimum absolute atomic E-state index is 0.322. The molecule has 6 heteroatoms. The van der Waals surface area contributed by atoms with Crippen LogP contribution in [0.25, 0.3) is 0 Å². The standard InChI is InChI=1S/C13H23N3O2S/c1-3-13-14-6-7-16(13)10-11(2)15-12-4-8-19(17,18)9-5-12/h6-7,11-12,15H,3-5,8-10H2,1-2H3. The Hall–Kier alpha value is -0.880. The van der Waals surface area contributed by atoms with Crippen molar-refractivity contribution in [2.75, 3.05) is 11.5 Å². The zero-order chi connectivity index (χ0) is 13.9. The van der Waals surface area contributed by atoms with E-state index in [1.165, 1.54) is 0 Å². The van der Waals surface area contributed by atoms with Gasteiger partial charge in [0.15, 0.2) is 0 Å². The van der Waals surface area contributed by atoms with Crippen LogP contribution in [0, 0.1) is 0 Å². The number of imidazole rings is 1. The van der Waals surface area contributed by atoms with Crippen LogP contribution in [0.15, 0.2) is 12.4 Å². The quantitative estimate of drug-likeness (QED) is 0.876. The SMILES string of the molecule is CCc1nccn1CC(C)NC1CCS(=O)(=O)CC1. The van der Waals surface area contributed by atoms with Gasteiger partial charge in [0.25, 0.3) is 0 Å². The molecule has 2 rings (SSSR count). The minimum atomic E-state index is -2.77. The summed E-state index contributed by atoms with van der Waals surface area (Å²) >= 11 is 0. The Morgan fingerprint density at radius 1 is 1.47 bits per heavy atom. The Bertz CT molecular complexity index is 496. The lowest BCUT2D eigenvalue weighted by molar-refractivity contribution is 0.381. The lowest BCUT2D eigenvalue weighted by atomic mass is 10.1. The van der Waals surface area contributed by atoms with E-state index in [2.05, 4.69) is 28.7 Å².